The van der Waals surface area contributed by atoms with E-state index in [4.69, 9.17) is 16.7 Å². The lowest BCUT2D eigenvalue weighted by Crippen LogP contribution is -2.22. The topological polar surface area (TPSA) is 40.5 Å². The molecule has 2 rings (SSSR count). The van der Waals surface area contributed by atoms with Gasteiger partial charge in [-0.2, -0.15) is 0 Å². The lowest BCUT2D eigenvalue weighted by Gasteiger charge is -2.22. The van der Waals surface area contributed by atoms with Crippen molar-refractivity contribution in [3.8, 4) is 0 Å². The van der Waals surface area contributed by atoms with Crippen molar-refractivity contribution in [1.82, 2.24) is 0 Å². The molecule has 1 N–H and O–H groups in total. The van der Waals surface area contributed by atoms with Crippen LogP contribution in [-0.2, 0) is 4.79 Å². The average molecular weight is 280 g/mol. The Morgan fingerprint density at radius 3 is 2.74 bits per heavy atom. The van der Waals surface area contributed by atoms with Gasteiger partial charge in [0, 0.05) is 19.2 Å². The lowest BCUT2D eigenvalue weighted by molar-refractivity contribution is -0.131. The third-order valence-corrected chi connectivity index (χ3v) is 3.71. The fourth-order valence-corrected chi connectivity index (χ4v) is 2.68. The minimum Gasteiger partial charge on any atom is -0.478 e. The highest BCUT2D eigenvalue weighted by Gasteiger charge is 2.30. The van der Waals surface area contributed by atoms with Crippen LogP contribution in [0.4, 0.5) is 5.69 Å². The van der Waals surface area contributed by atoms with Crippen molar-refractivity contribution in [3.05, 3.63) is 34.9 Å². The van der Waals surface area contributed by atoms with E-state index in [2.05, 4.69) is 18.7 Å². The third kappa shape index (κ3) is 3.51. The molecule has 102 valence electrons. The van der Waals surface area contributed by atoms with Gasteiger partial charge in [0.05, 0.1) is 10.7 Å². The number of nitrogens with zero attached hydrogens (tertiary/aromatic N) is 1. The van der Waals surface area contributed by atoms with E-state index < -0.39 is 5.97 Å². The van der Waals surface area contributed by atoms with Gasteiger partial charge in [-0.25, -0.2) is 4.79 Å². The van der Waals surface area contributed by atoms with Crippen LogP contribution in [0.2, 0.25) is 5.02 Å². The van der Waals surface area contributed by atoms with Crippen LogP contribution in [0.3, 0.4) is 0 Å². The molecule has 1 aromatic carbocycles. The molecule has 1 aromatic rings. The third-order valence-electron chi connectivity index (χ3n) is 3.41. The summed E-state index contributed by atoms with van der Waals surface area (Å²) in [4.78, 5) is 12.8. The average Bonchev–Trinajstić information content (AvgIpc) is 2.67. The Labute approximate surface area is 118 Å². The summed E-state index contributed by atoms with van der Waals surface area (Å²) in [6, 6.07) is 5.67. The molecular formula is C15H18ClNO2. The molecule has 1 saturated heterocycles. The molecule has 0 bridgehead atoms. The van der Waals surface area contributed by atoms with Crippen molar-refractivity contribution < 1.29 is 9.90 Å². The standard InChI is InChI=1S/C15H18ClNO2/c1-15(2)7-8-17(10-15)13-5-3-11(9-12(13)16)4-6-14(18)19/h3-6,9H,7-8,10H2,1-2H3,(H,18,19)/b6-4+. The molecule has 1 heterocycles. The number of hydrogen-bond donors (Lipinski definition) is 1. The molecule has 0 aromatic heterocycles. The molecule has 4 heteroatoms. The van der Waals surface area contributed by atoms with Gasteiger partial charge in [0.2, 0.25) is 0 Å². The quantitative estimate of drug-likeness (QED) is 0.858. The van der Waals surface area contributed by atoms with Crippen molar-refractivity contribution >= 4 is 29.3 Å². The number of benzene rings is 1. The first kappa shape index (κ1) is 13.9. The molecule has 0 atom stereocenters. The maximum Gasteiger partial charge on any atom is 0.328 e. The second kappa shape index (κ2) is 5.25. The summed E-state index contributed by atoms with van der Waals surface area (Å²) in [6.07, 6.45) is 3.82. The normalized spacial score (nSPS) is 18.2. The molecule has 0 amide bonds. The molecular weight excluding hydrogens is 262 g/mol. The van der Waals surface area contributed by atoms with Gasteiger partial charge in [-0.05, 0) is 35.6 Å². The first-order valence-electron chi connectivity index (χ1n) is 6.33. The van der Waals surface area contributed by atoms with E-state index in [-0.39, 0.29) is 0 Å². The summed E-state index contributed by atoms with van der Waals surface area (Å²) in [5.41, 5.74) is 2.15. The Kier molecular flexibility index (Phi) is 3.85. The summed E-state index contributed by atoms with van der Waals surface area (Å²) >= 11 is 6.29. The van der Waals surface area contributed by atoms with Gasteiger partial charge in [0.25, 0.3) is 0 Å². The predicted octanol–water partition coefficient (Wildman–Crippen LogP) is 3.67. The maximum absolute atomic E-state index is 10.5. The summed E-state index contributed by atoms with van der Waals surface area (Å²) in [5.74, 6) is -0.957. The van der Waals surface area contributed by atoms with Crippen molar-refractivity contribution in [3.63, 3.8) is 0 Å². The van der Waals surface area contributed by atoms with E-state index in [1.807, 2.05) is 18.2 Å². The minimum atomic E-state index is -0.957. The summed E-state index contributed by atoms with van der Waals surface area (Å²) in [6.45, 7) is 6.52. The van der Waals surface area contributed by atoms with Crippen molar-refractivity contribution in [1.29, 1.82) is 0 Å². The Morgan fingerprint density at radius 2 is 2.21 bits per heavy atom. The van der Waals surface area contributed by atoms with Gasteiger partial charge in [0.15, 0.2) is 0 Å². The molecule has 0 saturated carbocycles. The van der Waals surface area contributed by atoms with Crippen LogP contribution in [0, 0.1) is 5.41 Å². The molecule has 0 radical (unpaired) electrons. The van der Waals surface area contributed by atoms with Crippen LogP contribution in [0.1, 0.15) is 25.8 Å². The van der Waals surface area contributed by atoms with E-state index in [0.717, 1.165) is 36.8 Å². The highest BCUT2D eigenvalue weighted by molar-refractivity contribution is 6.33. The van der Waals surface area contributed by atoms with Crippen LogP contribution >= 0.6 is 11.6 Å². The minimum absolute atomic E-state index is 0.325. The SMILES string of the molecule is CC1(C)CCN(c2ccc(/C=C/C(=O)O)cc2Cl)C1. The number of anilines is 1. The number of rotatable bonds is 3. The Morgan fingerprint density at radius 1 is 1.47 bits per heavy atom. The molecule has 0 aliphatic carbocycles. The highest BCUT2D eigenvalue weighted by atomic mass is 35.5. The number of aliphatic carboxylic acids is 1. The zero-order valence-electron chi connectivity index (χ0n) is 11.2. The highest BCUT2D eigenvalue weighted by Crippen LogP contribution is 2.36. The zero-order valence-corrected chi connectivity index (χ0v) is 11.9. The number of carboxylic acids is 1. The van der Waals surface area contributed by atoms with Crippen LogP contribution in [-0.4, -0.2) is 24.2 Å². The summed E-state index contributed by atoms with van der Waals surface area (Å²) < 4.78 is 0. The Balaban J connectivity index is 2.18. The van der Waals surface area contributed by atoms with E-state index in [0.29, 0.717) is 10.4 Å². The smallest absolute Gasteiger partial charge is 0.328 e. The van der Waals surface area contributed by atoms with E-state index >= 15 is 0 Å². The predicted molar refractivity (Wildman–Crippen MR) is 78.7 cm³/mol. The van der Waals surface area contributed by atoms with Gasteiger partial charge >= 0.3 is 5.97 Å². The molecule has 0 spiro atoms. The van der Waals surface area contributed by atoms with Crippen molar-refractivity contribution in [2.45, 2.75) is 20.3 Å². The fraction of sp³-hybridized carbons (Fsp3) is 0.400. The van der Waals surface area contributed by atoms with Gasteiger partial charge in [-0.1, -0.05) is 31.5 Å². The van der Waals surface area contributed by atoms with Gasteiger partial charge in [-0.15, -0.1) is 0 Å². The maximum atomic E-state index is 10.5. The number of carboxylic acid groups (broad SMARTS) is 1. The van der Waals surface area contributed by atoms with Crippen molar-refractivity contribution in [2.75, 3.05) is 18.0 Å². The van der Waals surface area contributed by atoms with Crippen LogP contribution in [0.15, 0.2) is 24.3 Å². The monoisotopic (exact) mass is 279 g/mol. The zero-order chi connectivity index (χ0) is 14.0. The number of halogens is 1. The molecule has 0 unspecified atom stereocenters. The van der Waals surface area contributed by atoms with Crippen molar-refractivity contribution in [2.24, 2.45) is 5.41 Å². The van der Waals surface area contributed by atoms with Crippen LogP contribution in [0.25, 0.3) is 6.08 Å². The Bertz CT molecular complexity index is 523. The second-order valence-electron chi connectivity index (χ2n) is 5.72. The first-order valence-corrected chi connectivity index (χ1v) is 6.71. The van der Waals surface area contributed by atoms with Crippen LogP contribution in [0.5, 0.6) is 0 Å². The summed E-state index contributed by atoms with van der Waals surface area (Å²) in [5, 5.41) is 9.27. The molecule has 1 aliphatic rings. The Hall–Kier alpha value is -1.48. The fourth-order valence-electron chi connectivity index (χ4n) is 2.37. The summed E-state index contributed by atoms with van der Waals surface area (Å²) in [7, 11) is 0. The molecule has 3 nitrogen and oxygen atoms in total. The lowest BCUT2D eigenvalue weighted by atomic mass is 9.93. The van der Waals surface area contributed by atoms with Gasteiger partial charge in [-0.3, -0.25) is 0 Å². The van der Waals surface area contributed by atoms with E-state index in [1.165, 1.54) is 0 Å². The molecule has 1 fully saturated rings. The van der Waals surface area contributed by atoms with E-state index in [9.17, 15) is 4.79 Å². The second-order valence-corrected chi connectivity index (χ2v) is 6.13. The largest absolute Gasteiger partial charge is 0.478 e. The van der Waals surface area contributed by atoms with Gasteiger partial charge in [0.1, 0.15) is 0 Å². The van der Waals surface area contributed by atoms with Gasteiger partial charge < -0.3 is 10.0 Å². The van der Waals surface area contributed by atoms with E-state index in [1.54, 1.807) is 6.08 Å². The molecule has 19 heavy (non-hydrogen) atoms. The number of carbonyl (C=O) groups is 1. The van der Waals surface area contributed by atoms with Crippen LogP contribution < -0.4 is 4.90 Å². The first-order chi connectivity index (χ1) is 8.87. The number of hydrogen-bond acceptors (Lipinski definition) is 2. The molecule has 1 aliphatic heterocycles.